The van der Waals surface area contributed by atoms with Crippen LogP contribution in [0.15, 0.2) is 30.5 Å². The molecule has 5 rings (SSSR count). The van der Waals surface area contributed by atoms with Gasteiger partial charge in [0.25, 0.3) is 6.43 Å². The number of aromatic nitrogens is 5. The van der Waals surface area contributed by atoms with Gasteiger partial charge in [0, 0.05) is 37.3 Å². The van der Waals surface area contributed by atoms with Crippen molar-refractivity contribution in [2.45, 2.75) is 26.2 Å². The molecule has 0 bridgehead atoms. The summed E-state index contributed by atoms with van der Waals surface area (Å²) in [5, 5.41) is 10.1. The number of nitrogens with zero attached hydrogens (tertiary/aromatic N) is 5. The molecule has 1 aromatic carbocycles. The van der Waals surface area contributed by atoms with Crippen molar-refractivity contribution in [2.75, 3.05) is 28.2 Å². The summed E-state index contributed by atoms with van der Waals surface area (Å²) in [6, 6.07) is 6.68. The lowest BCUT2D eigenvalue weighted by Crippen LogP contribution is -2.25. The Morgan fingerprint density at radius 3 is 2.55 bits per heavy atom. The number of nitrogens with one attached hydrogen (secondary N) is 3. The van der Waals surface area contributed by atoms with Crippen LogP contribution in [0.3, 0.4) is 0 Å². The molecule has 1 amide bonds. The van der Waals surface area contributed by atoms with Gasteiger partial charge in [-0.15, -0.1) is 0 Å². The minimum Gasteiger partial charge on any atom is -0.352 e. The Hall–Kier alpha value is -4.07. The summed E-state index contributed by atoms with van der Waals surface area (Å²) in [6.45, 7) is 1.90. The monoisotopic (exact) mass is 544 g/mol. The third-order valence-corrected chi connectivity index (χ3v) is 7.72. The number of carbonyl (C=O) groups is 1. The molecule has 0 spiro atoms. The molecule has 0 aliphatic heterocycles. The molecule has 3 aromatic heterocycles. The smallest absolute Gasteiger partial charge is 0.295 e. The summed E-state index contributed by atoms with van der Waals surface area (Å²) in [4.78, 5) is 23.1. The molecule has 11 nitrogen and oxygen atoms in total. The normalized spacial score (nSPS) is 13.8. The number of aryl methyl sites for hydroxylation is 1. The molecular weight excluding hydrogens is 518 g/mol. The number of halogens is 2. The van der Waals surface area contributed by atoms with Gasteiger partial charge < -0.3 is 15.6 Å². The molecule has 0 radical (unpaired) electrons. The zero-order chi connectivity index (χ0) is 27.4. The van der Waals surface area contributed by atoms with Gasteiger partial charge in [-0.05, 0) is 37.5 Å². The van der Waals surface area contributed by atoms with Crippen LogP contribution in [0.2, 0.25) is 0 Å². The molecule has 1 aliphatic rings. The molecule has 14 heteroatoms. The number of pyridine rings is 1. The number of anilines is 4. The van der Waals surface area contributed by atoms with E-state index in [0.29, 0.717) is 11.4 Å². The standard InChI is InChI=1S/C24H26F2N8O3S/c1-12-15(11-27-33(12)2)14-7-8-16(18(9-14)34(3)38(4,36)37)28-17-10-19(30-24(35)13-5-6-13)29-22-20(17)31-23(32-22)21(25)26/h7-11,13,21H,5-6H2,1-4H3,(H3,28,29,30,31,32,35). The Labute approximate surface area is 217 Å². The second kappa shape index (κ2) is 9.35. The minimum absolute atomic E-state index is 0.0528. The van der Waals surface area contributed by atoms with Gasteiger partial charge >= 0.3 is 0 Å². The van der Waals surface area contributed by atoms with Crippen LogP contribution in [-0.2, 0) is 21.9 Å². The van der Waals surface area contributed by atoms with E-state index in [0.717, 1.165) is 40.2 Å². The number of aromatic amines is 1. The van der Waals surface area contributed by atoms with E-state index in [2.05, 4.69) is 30.7 Å². The number of hydrogen-bond donors (Lipinski definition) is 3. The van der Waals surface area contributed by atoms with E-state index >= 15 is 0 Å². The van der Waals surface area contributed by atoms with Crippen molar-refractivity contribution in [1.82, 2.24) is 24.7 Å². The molecule has 1 aliphatic carbocycles. The summed E-state index contributed by atoms with van der Waals surface area (Å²) in [5.74, 6) is -0.718. The van der Waals surface area contributed by atoms with Crippen LogP contribution in [0, 0.1) is 12.8 Å². The topological polar surface area (TPSA) is 138 Å². The van der Waals surface area contributed by atoms with Crippen molar-refractivity contribution >= 4 is 50.0 Å². The van der Waals surface area contributed by atoms with Gasteiger partial charge in [0.05, 0.1) is 29.5 Å². The Morgan fingerprint density at radius 2 is 1.95 bits per heavy atom. The van der Waals surface area contributed by atoms with Crippen LogP contribution in [0.4, 0.5) is 31.7 Å². The fourth-order valence-electron chi connectivity index (χ4n) is 4.02. The van der Waals surface area contributed by atoms with Crippen molar-refractivity contribution in [3.63, 3.8) is 0 Å². The number of sulfonamides is 1. The van der Waals surface area contributed by atoms with Crippen LogP contribution in [-0.4, -0.2) is 52.4 Å². The van der Waals surface area contributed by atoms with Crippen LogP contribution in [0.1, 0.15) is 30.8 Å². The van der Waals surface area contributed by atoms with Crippen molar-refractivity contribution < 1.29 is 22.0 Å². The lowest BCUT2D eigenvalue weighted by molar-refractivity contribution is -0.117. The van der Waals surface area contributed by atoms with Gasteiger partial charge in [-0.2, -0.15) is 5.10 Å². The highest BCUT2D eigenvalue weighted by Gasteiger charge is 2.30. The molecule has 3 heterocycles. The molecule has 0 saturated heterocycles. The number of amides is 1. The number of benzene rings is 1. The molecule has 200 valence electrons. The summed E-state index contributed by atoms with van der Waals surface area (Å²) in [7, 11) is -0.440. The van der Waals surface area contributed by atoms with E-state index in [4.69, 9.17) is 0 Å². The van der Waals surface area contributed by atoms with E-state index in [-0.39, 0.29) is 34.5 Å². The van der Waals surface area contributed by atoms with Gasteiger partial charge in [0.1, 0.15) is 11.3 Å². The first-order valence-electron chi connectivity index (χ1n) is 11.8. The average molecular weight is 545 g/mol. The lowest BCUT2D eigenvalue weighted by Gasteiger charge is -2.22. The maximum Gasteiger partial charge on any atom is 0.295 e. The first-order chi connectivity index (χ1) is 17.9. The third kappa shape index (κ3) is 4.90. The second-order valence-corrected chi connectivity index (χ2v) is 11.3. The predicted molar refractivity (Wildman–Crippen MR) is 140 cm³/mol. The number of carbonyl (C=O) groups excluding carboxylic acids is 1. The minimum atomic E-state index is -3.67. The zero-order valence-corrected chi connectivity index (χ0v) is 21.9. The van der Waals surface area contributed by atoms with E-state index in [9.17, 15) is 22.0 Å². The first-order valence-corrected chi connectivity index (χ1v) is 13.6. The molecule has 3 N–H and O–H groups in total. The molecule has 0 atom stereocenters. The van der Waals surface area contributed by atoms with Gasteiger partial charge in [0.15, 0.2) is 11.5 Å². The molecule has 1 fully saturated rings. The van der Waals surface area contributed by atoms with Gasteiger partial charge in [0.2, 0.25) is 15.9 Å². The zero-order valence-electron chi connectivity index (χ0n) is 21.1. The summed E-state index contributed by atoms with van der Waals surface area (Å²) in [6.07, 6.45) is 1.47. The Morgan fingerprint density at radius 1 is 1.21 bits per heavy atom. The van der Waals surface area contributed by atoms with Crippen molar-refractivity contribution in [3.8, 4) is 11.1 Å². The van der Waals surface area contributed by atoms with Crippen molar-refractivity contribution in [1.29, 1.82) is 0 Å². The van der Waals surface area contributed by atoms with Crippen LogP contribution in [0.5, 0.6) is 0 Å². The Kier molecular flexibility index (Phi) is 6.29. The Balaban J connectivity index is 1.62. The highest BCUT2D eigenvalue weighted by molar-refractivity contribution is 7.92. The number of hydrogen-bond acceptors (Lipinski definition) is 7. The number of fused-ring (bicyclic) bond motifs is 1. The number of imidazole rings is 1. The van der Waals surface area contributed by atoms with Crippen LogP contribution < -0.4 is 14.9 Å². The second-order valence-electron chi connectivity index (χ2n) is 9.29. The molecule has 4 aromatic rings. The van der Waals surface area contributed by atoms with Gasteiger partial charge in [-0.25, -0.2) is 27.2 Å². The SMILES string of the molecule is Cc1c(-c2ccc(Nc3cc(NC(=O)C4CC4)nc4[nH]c(C(F)F)nc34)c(N(C)S(C)(=O)=O)c2)cnn1C. The average Bonchev–Trinajstić information content (AvgIpc) is 3.53. The van der Waals surface area contributed by atoms with E-state index in [1.165, 1.54) is 13.1 Å². The largest absolute Gasteiger partial charge is 0.352 e. The van der Waals surface area contributed by atoms with Crippen molar-refractivity contribution in [3.05, 3.63) is 42.0 Å². The first kappa shape index (κ1) is 25.6. The van der Waals surface area contributed by atoms with E-state index in [1.807, 2.05) is 14.0 Å². The molecule has 1 saturated carbocycles. The fraction of sp³-hybridized carbons (Fsp3) is 0.333. The summed E-state index contributed by atoms with van der Waals surface area (Å²) in [5.41, 5.74) is 3.57. The predicted octanol–water partition coefficient (Wildman–Crippen LogP) is 4.09. The van der Waals surface area contributed by atoms with Crippen LogP contribution >= 0.6 is 0 Å². The third-order valence-electron chi connectivity index (χ3n) is 6.53. The maximum atomic E-state index is 13.4. The van der Waals surface area contributed by atoms with Crippen LogP contribution in [0.25, 0.3) is 22.3 Å². The summed E-state index contributed by atoms with van der Waals surface area (Å²) < 4.78 is 54.7. The quantitative estimate of drug-likeness (QED) is 0.304. The van der Waals surface area contributed by atoms with Gasteiger partial charge in [-0.1, -0.05) is 6.07 Å². The maximum absolute atomic E-state index is 13.4. The highest BCUT2D eigenvalue weighted by atomic mass is 32.2. The summed E-state index contributed by atoms with van der Waals surface area (Å²) >= 11 is 0. The van der Waals surface area contributed by atoms with E-state index < -0.39 is 22.3 Å². The number of alkyl halides is 2. The Bertz CT molecular complexity index is 1660. The number of H-pyrrole nitrogens is 1. The lowest BCUT2D eigenvalue weighted by atomic mass is 10.0. The fourth-order valence-corrected chi connectivity index (χ4v) is 4.52. The molecular formula is C24H26F2N8O3S. The number of rotatable bonds is 8. The highest BCUT2D eigenvalue weighted by Crippen LogP contribution is 2.37. The van der Waals surface area contributed by atoms with E-state index in [1.54, 1.807) is 29.1 Å². The van der Waals surface area contributed by atoms with Gasteiger partial charge in [-0.3, -0.25) is 13.8 Å². The molecule has 38 heavy (non-hydrogen) atoms. The molecule has 0 unspecified atom stereocenters. The van der Waals surface area contributed by atoms with Crippen molar-refractivity contribution in [2.24, 2.45) is 13.0 Å².